The molecule has 8 nitrogen and oxygen atoms in total. The number of fused-ring (bicyclic) bond motifs is 2. The van der Waals surface area contributed by atoms with Crippen LogP contribution >= 0.6 is 0 Å². The second kappa shape index (κ2) is 7.83. The first-order valence-electron chi connectivity index (χ1n) is 10.2. The van der Waals surface area contributed by atoms with Crippen LogP contribution < -0.4 is 0 Å². The Morgan fingerprint density at radius 1 is 0.636 bits per heavy atom. The second-order valence-corrected chi connectivity index (χ2v) is 7.59. The Bertz CT molecular complexity index is 1260. The summed E-state index contributed by atoms with van der Waals surface area (Å²) < 4.78 is 0. The molecule has 0 saturated carbocycles. The van der Waals surface area contributed by atoms with Crippen LogP contribution in [0.15, 0.2) is 78.9 Å². The number of hydroxylamine groups is 2. The zero-order chi connectivity index (χ0) is 23.1. The van der Waals surface area contributed by atoms with Crippen molar-refractivity contribution in [1.82, 2.24) is 9.96 Å². The summed E-state index contributed by atoms with van der Waals surface area (Å²) in [5, 5.41) is 0.378. The molecule has 2 heterocycles. The number of rotatable bonds is 5. The van der Waals surface area contributed by atoms with E-state index in [0.29, 0.717) is 10.6 Å². The quantitative estimate of drug-likeness (QED) is 0.566. The monoisotopic (exact) mass is 440 g/mol. The lowest BCUT2D eigenvalue weighted by Gasteiger charge is -2.25. The van der Waals surface area contributed by atoms with Crippen LogP contribution in [0.3, 0.4) is 0 Å². The van der Waals surface area contributed by atoms with E-state index in [9.17, 15) is 24.0 Å². The summed E-state index contributed by atoms with van der Waals surface area (Å²) in [5.74, 6) is -3.93. The summed E-state index contributed by atoms with van der Waals surface area (Å²) in [6, 6.07) is 19.7. The minimum Gasteiger partial charge on any atom is -0.327 e. The Morgan fingerprint density at radius 2 is 1.06 bits per heavy atom. The van der Waals surface area contributed by atoms with Crippen molar-refractivity contribution >= 4 is 29.6 Å². The fraction of sp³-hybridized carbons (Fsp3) is 0.0800. The van der Waals surface area contributed by atoms with Gasteiger partial charge in [-0.2, -0.15) is 0 Å². The second-order valence-electron chi connectivity index (χ2n) is 7.59. The third-order valence-electron chi connectivity index (χ3n) is 5.62. The summed E-state index contributed by atoms with van der Waals surface area (Å²) in [5.41, 5.74) is 1.23. The summed E-state index contributed by atoms with van der Waals surface area (Å²) in [6.45, 7) is 0. The van der Waals surface area contributed by atoms with Crippen molar-refractivity contribution in [3.8, 4) is 0 Å². The van der Waals surface area contributed by atoms with Gasteiger partial charge >= 0.3 is 5.97 Å². The average molecular weight is 440 g/mol. The van der Waals surface area contributed by atoms with E-state index < -0.39 is 35.6 Å². The summed E-state index contributed by atoms with van der Waals surface area (Å²) in [4.78, 5) is 70.6. The molecule has 4 amide bonds. The number of imide groups is 2. The molecule has 8 heteroatoms. The molecule has 0 N–H and O–H groups in total. The number of carbonyl (C=O) groups is 5. The molecule has 2 aliphatic rings. The van der Waals surface area contributed by atoms with Crippen molar-refractivity contribution in [2.24, 2.45) is 0 Å². The van der Waals surface area contributed by atoms with E-state index in [-0.39, 0.29) is 28.7 Å². The van der Waals surface area contributed by atoms with E-state index in [1.165, 1.54) is 24.3 Å². The maximum atomic E-state index is 13.3. The Kier molecular flexibility index (Phi) is 4.82. The zero-order valence-corrected chi connectivity index (χ0v) is 17.1. The van der Waals surface area contributed by atoms with Crippen LogP contribution in [0.25, 0.3) is 0 Å². The van der Waals surface area contributed by atoms with Crippen molar-refractivity contribution in [3.05, 3.63) is 107 Å². The molecule has 3 aromatic carbocycles. The number of benzene rings is 3. The average Bonchev–Trinajstić information content (AvgIpc) is 3.24. The molecular formula is C25H16N2O6. The van der Waals surface area contributed by atoms with Gasteiger partial charge in [0.25, 0.3) is 23.6 Å². The highest BCUT2D eigenvalue weighted by atomic mass is 16.7. The molecule has 162 valence electrons. The molecule has 0 aliphatic carbocycles. The molecule has 0 spiro atoms. The number of nitrogens with zero attached hydrogens (tertiary/aromatic N) is 2. The molecule has 0 bridgehead atoms. The highest BCUT2D eigenvalue weighted by Gasteiger charge is 2.46. The maximum absolute atomic E-state index is 13.3. The Labute approximate surface area is 187 Å². The molecule has 33 heavy (non-hydrogen) atoms. The summed E-state index contributed by atoms with van der Waals surface area (Å²) >= 11 is 0. The predicted molar refractivity (Wildman–Crippen MR) is 114 cm³/mol. The van der Waals surface area contributed by atoms with Gasteiger partial charge in [0.1, 0.15) is 6.04 Å². The third-order valence-corrected chi connectivity index (χ3v) is 5.62. The molecule has 2 aliphatic heterocycles. The lowest BCUT2D eigenvalue weighted by molar-refractivity contribution is -0.173. The largest absolute Gasteiger partial charge is 0.356 e. The Hall–Kier alpha value is -4.59. The van der Waals surface area contributed by atoms with Gasteiger partial charge in [-0.15, -0.1) is 0 Å². The lowest BCUT2D eigenvalue weighted by Crippen LogP contribution is -2.49. The first-order valence-corrected chi connectivity index (χ1v) is 10.2. The van der Waals surface area contributed by atoms with Crippen molar-refractivity contribution in [1.29, 1.82) is 0 Å². The van der Waals surface area contributed by atoms with Crippen molar-refractivity contribution in [3.63, 3.8) is 0 Å². The predicted octanol–water partition coefficient (Wildman–Crippen LogP) is 2.65. The number of carbonyl (C=O) groups excluding carboxylic acids is 5. The molecule has 1 atom stereocenters. The smallest absolute Gasteiger partial charge is 0.327 e. The standard InChI is InChI=1S/C25H16N2O6/c28-21-16-10-4-5-11-17(16)22(29)26(21)20(14-15-8-2-1-3-9-15)25(32)33-27-23(30)18-12-6-7-13-19(18)24(27)31/h1-13,20H,14H2. The first kappa shape index (κ1) is 20.3. The third kappa shape index (κ3) is 3.28. The van der Waals surface area contributed by atoms with E-state index in [4.69, 9.17) is 4.84 Å². The Morgan fingerprint density at radius 3 is 1.55 bits per heavy atom. The van der Waals surface area contributed by atoms with Crippen LogP contribution in [0.2, 0.25) is 0 Å². The van der Waals surface area contributed by atoms with Gasteiger partial charge in [0.05, 0.1) is 22.3 Å². The summed E-state index contributed by atoms with van der Waals surface area (Å²) in [7, 11) is 0. The number of amides is 4. The highest BCUT2D eigenvalue weighted by Crippen LogP contribution is 2.28. The van der Waals surface area contributed by atoms with Gasteiger partial charge in [0.15, 0.2) is 0 Å². The number of hydrogen-bond acceptors (Lipinski definition) is 6. The minimum absolute atomic E-state index is 0.0473. The van der Waals surface area contributed by atoms with Gasteiger partial charge < -0.3 is 4.84 Å². The normalized spacial score (nSPS) is 15.5. The van der Waals surface area contributed by atoms with Gasteiger partial charge in [0, 0.05) is 6.42 Å². The highest BCUT2D eigenvalue weighted by molar-refractivity contribution is 6.23. The van der Waals surface area contributed by atoms with E-state index in [1.807, 2.05) is 0 Å². The van der Waals surface area contributed by atoms with Crippen LogP contribution in [0.5, 0.6) is 0 Å². The van der Waals surface area contributed by atoms with Gasteiger partial charge in [0.2, 0.25) is 0 Å². The molecule has 3 aromatic rings. The van der Waals surface area contributed by atoms with Crippen molar-refractivity contribution < 1.29 is 28.8 Å². The molecule has 1 unspecified atom stereocenters. The van der Waals surface area contributed by atoms with Crippen LogP contribution in [-0.4, -0.2) is 45.6 Å². The van der Waals surface area contributed by atoms with Gasteiger partial charge in [-0.05, 0) is 29.8 Å². The molecule has 0 fully saturated rings. The Balaban J connectivity index is 1.48. The van der Waals surface area contributed by atoms with Crippen molar-refractivity contribution in [2.45, 2.75) is 12.5 Å². The van der Waals surface area contributed by atoms with E-state index >= 15 is 0 Å². The van der Waals surface area contributed by atoms with Gasteiger partial charge in [-0.1, -0.05) is 59.7 Å². The minimum atomic E-state index is -1.39. The van der Waals surface area contributed by atoms with Crippen LogP contribution in [-0.2, 0) is 16.1 Å². The molecule has 0 radical (unpaired) electrons. The first-order chi connectivity index (χ1) is 16.0. The van der Waals surface area contributed by atoms with Crippen molar-refractivity contribution in [2.75, 3.05) is 0 Å². The lowest BCUT2D eigenvalue weighted by atomic mass is 10.0. The molecule has 5 rings (SSSR count). The molecular weight excluding hydrogens is 424 g/mol. The SMILES string of the molecule is O=C(ON1C(=O)c2ccccc2C1=O)C(Cc1ccccc1)N1C(=O)c2ccccc2C1=O. The summed E-state index contributed by atoms with van der Waals surface area (Å²) in [6.07, 6.45) is -0.0473. The van der Waals surface area contributed by atoms with Crippen LogP contribution in [0, 0.1) is 0 Å². The fourth-order valence-electron chi connectivity index (χ4n) is 4.01. The van der Waals surface area contributed by atoms with Gasteiger partial charge in [-0.25, -0.2) is 4.79 Å². The topological polar surface area (TPSA) is 101 Å². The molecule has 0 aromatic heterocycles. The molecule has 0 saturated heterocycles. The number of hydrogen-bond donors (Lipinski definition) is 0. The zero-order valence-electron chi connectivity index (χ0n) is 17.1. The van der Waals surface area contributed by atoms with Crippen LogP contribution in [0.1, 0.15) is 47.0 Å². The van der Waals surface area contributed by atoms with E-state index in [2.05, 4.69) is 0 Å². The van der Waals surface area contributed by atoms with E-state index in [0.717, 1.165) is 4.90 Å². The maximum Gasteiger partial charge on any atom is 0.356 e. The van der Waals surface area contributed by atoms with E-state index in [1.54, 1.807) is 54.6 Å². The van der Waals surface area contributed by atoms with Gasteiger partial charge in [-0.3, -0.25) is 24.1 Å². The van der Waals surface area contributed by atoms with Crippen LogP contribution in [0.4, 0.5) is 0 Å². The fourth-order valence-corrected chi connectivity index (χ4v) is 4.01.